The van der Waals surface area contributed by atoms with Crippen molar-refractivity contribution in [2.24, 2.45) is 0 Å². The van der Waals surface area contributed by atoms with Crippen LogP contribution >= 0.6 is 0 Å². The predicted octanol–water partition coefficient (Wildman–Crippen LogP) is 2.89. The van der Waals surface area contributed by atoms with Gasteiger partial charge in [0.15, 0.2) is 0 Å². The van der Waals surface area contributed by atoms with Crippen LogP contribution in [0.1, 0.15) is 10.4 Å². The molecule has 1 heterocycles. The van der Waals surface area contributed by atoms with E-state index in [-0.39, 0.29) is 11.1 Å². The fourth-order valence-corrected chi connectivity index (χ4v) is 2.14. The number of carboxylic acid groups (broad SMARTS) is 1. The number of nitrogens with one attached hydrogen (secondary N) is 1. The fourth-order valence-electron chi connectivity index (χ4n) is 2.14. The lowest BCUT2D eigenvalue weighted by Crippen LogP contribution is -2.02. The van der Waals surface area contributed by atoms with E-state index in [4.69, 9.17) is 5.11 Å². The Bertz CT molecular complexity index is 847. The van der Waals surface area contributed by atoms with Crippen LogP contribution < -0.4 is 5.56 Å². The number of rotatable bonds is 2. The topological polar surface area (TPSA) is 70.2 Å². The summed E-state index contributed by atoms with van der Waals surface area (Å²) in [5.74, 6) is -0.937. The van der Waals surface area contributed by atoms with Gasteiger partial charge >= 0.3 is 5.97 Å². The molecular formula is C16H11NO3. The Labute approximate surface area is 114 Å². The predicted molar refractivity (Wildman–Crippen MR) is 77.0 cm³/mol. The van der Waals surface area contributed by atoms with Crippen LogP contribution in [-0.4, -0.2) is 16.1 Å². The van der Waals surface area contributed by atoms with Crippen molar-refractivity contribution in [2.75, 3.05) is 0 Å². The van der Waals surface area contributed by atoms with Gasteiger partial charge in [-0.05, 0) is 46.8 Å². The molecule has 4 heteroatoms. The average Bonchev–Trinajstić information content (AvgIpc) is 2.47. The first-order chi connectivity index (χ1) is 9.63. The zero-order valence-electron chi connectivity index (χ0n) is 10.5. The molecular weight excluding hydrogens is 254 g/mol. The zero-order chi connectivity index (χ0) is 14.1. The van der Waals surface area contributed by atoms with Gasteiger partial charge in [-0.2, -0.15) is 0 Å². The Morgan fingerprint density at radius 2 is 1.60 bits per heavy atom. The number of benzene rings is 2. The molecule has 0 unspecified atom stereocenters. The number of hydrogen-bond acceptors (Lipinski definition) is 2. The highest BCUT2D eigenvalue weighted by atomic mass is 16.4. The van der Waals surface area contributed by atoms with E-state index >= 15 is 0 Å². The van der Waals surface area contributed by atoms with Crippen molar-refractivity contribution >= 4 is 16.9 Å². The van der Waals surface area contributed by atoms with E-state index in [0.717, 1.165) is 22.0 Å². The highest BCUT2D eigenvalue weighted by molar-refractivity contribution is 5.89. The third-order valence-electron chi connectivity index (χ3n) is 3.19. The van der Waals surface area contributed by atoms with Crippen LogP contribution in [0.2, 0.25) is 0 Å². The molecule has 2 aromatic carbocycles. The summed E-state index contributed by atoms with van der Waals surface area (Å²) in [6.45, 7) is 0. The second-order valence-electron chi connectivity index (χ2n) is 4.51. The van der Waals surface area contributed by atoms with Crippen molar-refractivity contribution in [3.63, 3.8) is 0 Å². The quantitative estimate of drug-likeness (QED) is 0.748. The number of pyridine rings is 1. The molecule has 0 aliphatic rings. The van der Waals surface area contributed by atoms with E-state index in [0.29, 0.717) is 0 Å². The van der Waals surface area contributed by atoms with Gasteiger partial charge in [0.05, 0.1) is 5.56 Å². The lowest BCUT2D eigenvalue weighted by molar-refractivity contribution is 0.0697. The second-order valence-corrected chi connectivity index (χ2v) is 4.51. The van der Waals surface area contributed by atoms with Gasteiger partial charge in [-0.1, -0.05) is 18.2 Å². The minimum atomic E-state index is -0.937. The Morgan fingerprint density at radius 3 is 2.30 bits per heavy atom. The Balaban J connectivity index is 2.07. The minimum Gasteiger partial charge on any atom is -0.478 e. The van der Waals surface area contributed by atoms with Gasteiger partial charge in [0.1, 0.15) is 0 Å². The van der Waals surface area contributed by atoms with Gasteiger partial charge in [-0.25, -0.2) is 4.79 Å². The highest BCUT2D eigenvalue weighted by Gasteiger charge is 2.04. The van der Waals surface area contributed by atoms with Crippen molar-refractivity contribution in [3.05, 3.63) is 70.5 Å². The summed E-state index contributed by atoms with van der Waals surface area (Å²) in [7, 11) is 0. The number of aromatic amines is 1. The van der Waals surface area contributed by atoms with Crippen LogP contribution in [0.5, 0.6) is 0 Å². The van der Waals surface area contributed by atoms with Gasteiger partial charge in [0, 0.05) is 11.6 Å². The Morgan fingerprint density at radius 1 is 0.900 bits per heavy atom. The molecule has 3 rings (SSSR count). The maximum atomic E-state index is 11.2. The standard InChI is InChI=1S/C16H11NO3/c18-15-8-6-13-9-12(5-7-14(13)17-15)10-1-3-11(4-2-10)16(19)20/h1-9H,(H,17,18)(H,19,20). The van der Waals surface area contributed by atoms with Crippen molar-refractivity contribution < 1.29 is 9.90 Å². The lowest BCUT2D eigenvalue weighted by Gasteiger charge is -2.04. The molecule has 0 spiro atoms. The van der Waals surface area contributed by atoms with Gasteiger partial charge < -0.3 is 10.1 Å². The molecule has 20 heavy (non-hydrogen) atoms. The normalized spacial score (nSPS) is 10.6. The number of aromatic nitrogens is 1. The van der Waals surface area contributed by atoms with Crippen molar-refractivity contribution in [1.82, 2.24) is 4.98 Å². The summed E-state index contributed by atoms with van der Waals surface area (Å²) in [5, 5.41) is 9.81. The molecule has 0 radical (unpaired) electrons. The first-order valence-corrected chi connectivity index (χ1v) is 6.10. The summed E-state index contributed by atoms with van der Waals surface area (Å²) in [6, 6.07) is 15.7. The van der Waals surface area contributed by atoms with Crippen molar-refractivity contribution in [1.29, 1.82) is 0 Å². The molecule has 0 aliphatic carbocycles. The number of H-pyrrole nitrogens is 1. The summed E-state index contributed by atoms with van der Waals surface area (Å²) in [6.07, 6.45) is 0. The first kappa shape index (κ1) is 12.2. The van der Waals surface area contributed by atoms with Crippen LogP contribution in [0.4, 0.5) is 0 Å². The molecule has 0 aliphatic heterocycles. The molecule has 2 N–H and O–H groups in total. The fraction of sp³-hybridized carbons (Fsp3) is 0. The maximum absolute atomic E-state index is 11.2. The van der Waals surface area contributed by atoms with E-state index in [2.05, 4.69) is 4.98 Å². The van der Waals surface area contributed by atoms with E-state index in [9.17, 15) is 9.59 Å². The molecule has 0 saturated carbocycles. The summed E-state index contributed by atoms with van der Waals surface area (Å²) >= 11 is 0. The zero-order valence-corrected chi connectivity index (χ0v) is 10.5. The molecule has 0 fully saturated rings. The van der Waals surface area contributed by atoms with Crippen LogP contribution in [-0.2, 0) is 0 Å². The van der Waals surface area contributed by atoms with Gasteiger partial charge in [0.25, 0.3) is 0 Å². The SMILES string of the molecule is O=C(O)c1ccc(-c2ccc3[nH]c(=O)ccc3c2)cc1. The van der Waals surface area contributed by atoms with E-state index in [1.165, 1.54) is 6.07 Å². The summed E-state index contributed by atoms with van der Waals surface area (Å²) in [5.41, 5.74) is 2.82. The minimum absolute atomic E-state index is 0.129. The monoisotopic (exact) mass is 265 g/mol. The molecule has 0 bridgehead atoms. The van der Waals surface area contributed by atoms with Gasteiger partial charge in [-0.15, -0.1) is 0 Å². The molecule has 0 amide bonds. The van der Waals surface area contributed by atoms with Crippen LogP contribution in [0.3, 0.4) is 0 Å². The van der Waals surface area contributed by atoms with Crippen molar-refractivity contribution in [2.45, 2.75) is 0 Å². The average molecular weight is 265 g/mol. The number of fused-ring (bicyclic) bond motifs is 1. The maximum Gasteiger partial charge on any atom is 0.335 e. The van der Waals surface area contributed by atoms with E-state index < -0.39 is 5.97 Å². The number of hydrogen-bond donors (Lipinski definition) is 2. The summed E-state index contributed by atoms with van der Waals surface area (Å²) < 4.78 is 0. The third kappa shape index (κ3) is 2.19. The molecule has 3 aromatic rings. The lowest BCUT2D eigenvalue weighted by atomic mass is 10.0. The van der Waals surface area contributed by atoms with Gasteiger partial charge in [0.2, 0.25) is 5.56 Å². The number of carbonyl (C=O) groups is 1. The molecule has 0 saturated heterocycles. The van der Waals surface area contributed by atoms with Crippen molar-refractivity contribution in [3.8, 4) is 11.1 Å². The van der Waals surface area contributed by atoms with Crippen LogP contribution in [0.15, 0.2) is 59.4 Å². The first-order valence-electron chi connectivity index (χ1n) is 6.10. The largest absolute Gasteiger partial charge is 0.478 e. The molecule has 4 nitrogen and oxygen atoms in total. The van der Waals surface area contributed by atoms with Crippen LogP contribution in [0, 0.1) is 0 Å². The smallest absolute Gasteiger partial charge is 0.335 e. The van der Waals surface area contributed by atoms with Crippen LogP contribution in [0.25, 0.3) is 22.0 Å². The Hall–Kier alpha value is -2.88. The molecule has 0 atom stereocenters. The Kier molecular flexibility index (Phi) is 2.84. The molecule has 1 aromatic heterocycles. The number of aromatic carboxylic acids is 1. The van der Waals surface area contributed by atoms with E-state index in [1.54, 1.807) is 30.3 Å². The third-order valence-corrected chi connectivity index (χ3v) is 3.19. The highest BCUT2D eigenvalue weighted by Crippen LogP contribution is 2.23. The van der Waals surface area contributed by atoms with Gasteiger partial charge in [-0.3, -0.25) is 4.79 Å². The van der Waals surface area contributed by atoms with E-state index in [1.807, 2.05) is 18.2 Å². The number of carboxylic acids is 1. The summed E-state index contributed by atoms with van der Waals surface area (Å²) in [4.78, 5) is 24.8. The molecule has 98 valence electrons. The second kappa shape index (κ2) is 4.66.